The molecule has 39 heavy (non-hydrogen) atoms. The molecule has 3 N–H and O–H groups in total. The highest BCUT2D eigenvalue weighted by molar-refractivity contribution is 6.00. The van der Waals surface area contributed by atoms with Crippen LogP contribution in [-0.4, -0.2) is 68.7 Å². The molecular weight excluding hydrogens is 490 g/mol. The molecule has 8 heteroatoms. The number of rotatable bonds is 5. The number of para-hydroxylation sites is 1. The van der Waals surface area contributed by atoms with Gasteiger partial charge in [0.1, 0.15) is 17.4 Å². The van der Waals surface area contributed by atoms with E-state index in [0.29, 0.717) is 24.5 Å². The number of aromatic nitrogens is 2. The van der Waals surface area contributed by atoms with Gasteiger partial charge < -0.3 is 25.1 Å². The Kier molecular flexibility index (Phi) is 6.05. The highest BCUT2D eigenvalue weighted by Crippen LogP contribution is 2.34. The van der Waals surface area contributed by atoms with Gasteiger partial charge in [-0.1, -0.05) is 69.3 Å². The van der Waals surface area contributed by atoms with E-state index >= 15 is 0 Å². The molecule has 2 bridgehead atoms. The minimum atomic E-state index is -0.697. The summed E-state index contributed by atoms with van der Waals surface area (Å²) in [5.41, 5.74) is 3.39. The smallest absolute Gasteiger partial charge is 0.270 e. The van der Waals surface area contributed by atoms with E-state index in [1.165, 1.54) is 0 Å². The van der Waals surface area contributed by atoms with Gasteiger partial charge in [-0.15, -0.1) is 0 Å². The summed E-state index contributed by atoms with van der Waals surface area (Å²) < 4.78 is 0. The van der Waals surface area contributed by atoms with Gasteiger partial charge in [0.2, 0.25) is 5.91 Å². The third-order valence-corrected chi connectivity index (χ3v) is 7.97. The van der Waals surface area contributed by atoms with Gasteiger partial charge in [-0.05, 0) is 41.2 Å². The molecule has 8 nitrogen and oxygen atoms in total. The van der Waals surface area contributed by atoms with Gasteiger partial charge in [0.05, 0.1) is 12.1 Å². The molecule has 1 unspecified atom stereocenters. The molecule has 0 radical (unpaired) electrons. The summed E-state index contributed by atoms with van der Waals surface area (Å²) in [5.74, 6) is -0.448. The zero-order chi connectivity index (χ0) is 27.3. The number of carbonyl (C=O) groups excluding carboxylic acids is 3. The Labute approximate surface area is 227 Å². The summed E-state index contributed by atoms with van der Waals surface area (Å²) in [4.78, 5) is 50.4. The second-order valence-corrected chi connectivity index (χ2v) is 11.7. The standard InChI is InChI=1S/C31H33N5O3/c1-31(2,3)27(34-28(37)25-13-20-11-7-8-12-24(20)33-25)30(39)36-18-22-15-23(36)17-35(22)29(38)26-14-21(16-32-26)19-9-5-4-6-10-19/h4-14,16,22-23,27,32-33H,15,17-18H2,1-3H3,(H,34,37)/t22-,23?,27+/m0/s1. The van der Waals surface area contributed by atoms with E-state index in [0.717, 1.165) is 28.5 Å². The minimum Gasteiger partial charge on any atom is -0.357 e. The maximum atomic E-state index is 13.8. The first-order valence-electron chi connectivity index (χ1n) is 13.4. The Bertz CT molecular complexity index is 1510. The minimum absolute atomic E-state index is 0.0417. The Morgan fingerprint density at radius 2 is 1.56 bits per heavy atom. The van der Waals surface area contributed by atoms with Crippen LogP contribution < -0.4 is 5.32 Å². The molecular formula is C31H33N5O3. The van der Waals surface area contributed by atoms with Gasteiger partial charge in [-0.2, -0.15) is 0 Å². The lowest BCUT2D eigenvalue weighted by atomic mass is 9.85. The van der Waals surface area contributed by atoms with Crippen molar-refractivity contribution in [1.82, 2.24) is 25.1 Å². The lowest BCUT2D eigenvalue weighted by Gasteiger charge is -2.39. The third-order valence-electron chi connectivity index (χ3n) is 7.97. The van der Waals surface area contributed by atoms with Crippen LogP contribution in [0.5, 0.6) is 0 Å². The number of H-pyrrole nitrogens is 2. The molecule has 0 saturated carbocycles. The van der Waals surface area contributed by atoms with E-state index < -0.39 is 11.5 Å². The second-order valence-electron chi connectivity index (χ2n) is 11.7. The van der Waals surface area contributed by atoms with Crippen molar-refractivity contribution in [2.45, 2.75) is 45.3 Å². The van der Waals surface area contributed by atoms with Crippen molar-refractivity contribution in [2.24, 2.45) is 5.41 Å². The Balaban J connectivity index is 1.14. The second kappa shape index (κ2) is 9.45. The summed E-state index contributed by atoms with van der Waals surface area (Å²) in [7, 11) is 0. The number of nitrogens with one attached hydrogen (secondary N) is 3. The summed E-state index contributed by atoms with van der Waals surface area (Å²) in [6.07, 6.45) is 2.60. The number of benzene rings is 2. The van der Waals surface area contributed by atoms with Gasteiger partial charge in [0.15, 0.2) is 0 Å². The molecule has 2 aliphatic heterocycles. The number of aromatic amines is 2. The van der Waals surface area contributed by atoms with E-state index in [2.05, 4.69) is 15.3 Å². The summed E-state index contributed by atoms with van der Waals surface area (Å²) >= 11 is 0. The Morgan fingerprint density at radius 3 is 2.26 bits per heavy atom. The lowest BCUT2D eigenvalue weighted by Crippen LogP contribution is -2.59. The van der Waals surface area contributed by atoms with E-state index in [1.807, 2.05) is 97.4 Å². The van der Waals surface area contributed by atoms with Crippen LogP contribution in [0.2, 0.25) is 0 Å². The number of hydrogen-bond donors (Lipinski definition) is 3. The monoisotopic (exact) mass is 523 g/mol. The fourth-order valence-corrected chi connectivity index (χ4v) is 5.87. The highest BCUT2D eigenvalue weighted by atomic mass is 16.2. The molecule has 200 valence electrons. The lowest BCUT2D eigenvalue weighted by molar-refractivity contribution is -0.138. The predicted octanol–water partition coefficient (Wildman–Crippen LogP) is 4.43. The molecule has 0 aliphatic carbocycles. The summed E-state index contributed by atoms with van der Waals surface area (Å²) in [6, 6.07) is 20.5. The van der Waals surface area contributed by atoms with Crippen molar-refractivity contribution in [3.05, 3.63) is 84.3 Å². The Morgan fingerprint density at radius 1 is 0.872 bits per heavy atom. The number of fused-ring (bicyclic) bond motifs is 3. The number of likely N-dealkylation sites (tertiary alicyclic amines) is 2. The fraction of sp³-hybridized carbons (Fsp3) is 0.323. The van der Waals surface area contributed by atoms with Crippen LogP contribution in [0.3, 0.4) is 0 Å². The van der Waals surface area contributed by atoms with Gasteiger partial charge in [0, 0.05) is 30.2 Å². The predicted molar refractivity (Wildman–Crippen MR) is 150 cm³/mol. The maximum absolute atomic E-state index is 13.8. The van der Waals surface area contributed by atoms with E-state index in [-0.39, 0.29) is 29.8 Å². The number of hydrogen-bond acceptors (Lipinski definition) is 3. The molecule has 3 amide bonds. The number of amides is 3. The van der Waals surface area contributed by atoms with Gasteiger partial charge in [-0.3, -0.25) is 14.4 Å². The first-order valence-corrected chi connectivity index (χ1v) is 13.4. The van der Waals surface area contributed by atoms with Crippen molar-refractivity contribution in [3.8, 4) is 11.1 Å². The van der Waals surface area contributed by atoms with E-state index in [1.54, 1.807) is 6.07 Å². The zero-order valence-corrected chi connectivity index (χ0v) is 22.4. The molecule has 2 saturated heterocycles. The summed E-state index contributed by atoms with van der Waals surface area (Å²) in [5, 5.41) is 3.95. The van der Waals surface area contributed by atoms with Crippen molar-refractivity contribution in [3.63, 3.8) is 0 Å². The average molecular weight is 524 g/mol. The van der Waals surface area contributed by atoms with Crippen LogP contribution in [-0.2, 0) is 4.79 Å². The van der Waals surface area contributed by atoms with Gasteiger partial charge in [-0.25, -0.2) is 0 Å². The molecule has 4 aromatic rings. The van der Waals surface area contributed by atoms with Gasteiger partial charge >= 0.3 is 0 Å². The Hall–Kier alpha value is -4.33. The van der Waals surface area contributed by atoms with Crippen LogP contribution in [0.4, 0.5) is 0 Å². The first kappa shape index (κ1) is 25.0. The maximum Gasteiger partial charge on any atom is 0.270 e. The number of piperazine rings is 1. The highest BCUT2D eigenvalue weighted by Gasteiger charge is 2.50. The summed E-state index contributed by atoms with van der Waals surface area (Å²) in [6.45, 7) is 6.83. The molecule has 0 spiro atoms. The molecule has 2 aromatic carbocycles. The molecule has 2 aromatic heterocycles. The fourth-order valence-electron chi connectivity index (χ4n) is 5.87. The topological polar surface area (TPSA) is 101 Å². The van der Waals surface area contributed by atoms with Gasteiger partial charge in [0.25, 0.3) is 11.8 Å². The molecule has 2 fully saturated rings. The van der Waals surface area contributed by atoms with Crippen molar-refractivity contribution >= 4 is 28.6 Å². The van der Waals surface area contributed by atoms with Crippen LogP contribution in [0.1, 0.15) is 48.2 Å². The zero-order valence-electron chi connectivity index (χ0n) is 22.4. The van der Waals surface area contributed by atoms with Crippen LogP contribution in [0, 0.1) is 5.41 Å². The van der Waals surface area contributed by atoms with Crippen molar-refractivity contribution < 1.29 is 14.4 Å². The average Bonchev–Trinajstić information content (AvgIpc) is 3.73. The quantitative estimate of drug-likeness (QED) is 0.361. The van der Waals surface area contributed by atoms with E-state index in [4.69, 9.17) is 0 Å². The molecule has 6 rings (SSSR count). The SMILES string of the molecule is CC(C)(C)[C@H](NC(=O)c1cc2ccccc2[nH]1)C(=O)N1C[C@@H]2CC1CN2C(=O)c1cc(-c2ccccc2)c[nH]1. The molecule has 4 heterocycles. The van der Waals surface area contributed by atoms with Crippen LogP contribution >= 0.6 is 0 Å². The van der Waals surface area contributed by atoms with Crippen molar-refractivity contribution in [1.29, 1.82) is 0 Å². The molecule has 3 atom stereocenters. The third kappa shape index (κ3) is 4.60. The van der Waals surface area contributed by atoms with Crippen LogP contribution in [0.15, 0.2) is 72.9 Å². The molecule has 2 aliphatic rings. The number of carbonyl (C=O) groups is 3. The first-order chi connectivity index (χ1) is 18.7. The van der Waals surface area contributed by atoms with Crippen molar-refractivity contribution in [2.75, 3.05) is 13.1 Å². The largest absolute Gasteiger partial charge is 0.357 e. The normalized spacial score (nSPS) is 19.5. The van der Waals surface area contributed by atoms with E-state index in [9.17, 15) is 14.4 Å². The number of nitrogens with zero attached hydrogens (tertiary/aromatic N) is 2. The van der Waals surface area contributed by atoms with Crippen LogP contribution in [0.25, 0.3) is 22.0 Å².